The van der Waals surface area contributed by atoms with Crippen LogP contribution < -0.4 is 5.73 Å². The molecule has 0 amide bonds. The van der Waals surface area contributed by atoms with Crippen molar-refractivity contribution in [3.8, 4) is 11.5 Å². The smallest absolute Gasteiger partial charge is 0.326 e. The summed E-state index contributed by atoms with van der Waals surface area (Å²) in [7, 11) is 0. The minimum Gasteiger partial charge on any atom is -0.326 e. The number of aryl methyl sites for hydroxylation is 1. The summed E-state index contributed by atoms with van der Waals surface area (Å²) in [6.07, 6.45) is -2.41. The van der Waals surface area contributed by atoms with E-state index in [0.29, 0.717) is 30.1 Å². The first-order valence-electron chi connectivity index (χ1n) is 10.1. The summed E-state index contributed by atoms with van der Waals surface area (Å²) in [5, 5.41) is 9.32. The first-order chi connectivity index (χ1) is 14.8. The highest BCUT2D eigenvalue weighted by Gasteiger charge is 2.46. The lowest BCUT2D eigenvalue weighted by Gasteiger charge is -2.30. The second-order valence-corrected chi connectivity index (χ2v) is 8.05. The Morgan fingerprint density at radius 1 is 1.10 bits per heavy atom. The molecule has 3 aromatic heterocycles. The van der Waals surface area contributed by atoms with Gasteiger partial charge in [0.15, 0.2) is 11.5 Å². The Hall–Kier alpha value is -3.04. The maximum Gasteiger partial charge on any atom is 0.408 e. The van der Waals surface area contributed by atoms with Crippen molar-refractivity contribution < 1.29 is 13.2 Å². The summed E-state index contributed by atoms with van der Waals surface area (Å²) < 4.78 is 43.6. The molecule has 1 fully saturated rings. The number of hydrogen-bond donors (Lipinski definition) is 1. The van der Waals surface area contributed by atoms with Crippen molar-refractivity contribution in [3.05, 3.63) is 59.8 Å². The van der Waals surface area contributed by atoms with Crippen molar-refractivity contribution in [2.24, 2.45) is 5.73 Å². The van der Waals surface area contributed by atoms with Crippen LogP contribution in [0.2, 0.25) is 0 Å². The molecule has 4 heterocycles. The second kappa shape index (κ2) is 7.28. The summed E-state index contributed by atoms with van der Waals surface area (Å²) >= 11 is 0. The van der Waals surface area contributed by atoms with Crippen molar-refractivity contribution >= 4 is 16.6 Å². The van der Waals surface area contributed by atoms with Crippen molar-refractivity contribution in [2.45, 2.75) is 31.6 Å². The minimum atomic E-state index is -4.43. The van der Waals surface area contributed by atoms with Crippen LogP contribution in [0.25, 0.3) is 28.1 Å². The van der Waals surface area contributed by atoms with Crippen LogP contribution in [0.15, 0.2) is 48.7 Å². The summed E-state index contributed by atoms with van der Waals surface area (Å²) in [5.74, 6) is 0.404. The molecule has 9 heteroatoms. The number of rotatable bonds is 3. The van der Waals surface area contributed by atoms with Gasteiger partial charge in [0.25, 0.3) is 0 Å². The van der Waals surface area contributed by atoms with Crippen molar-refractivity contribution in [3.63, 3.8) is 0 Å². The molecule has 1 aliphatic heterocycles. The van der Waals surface area contributed by atoms with E-state index in [-0.39, 0.29) is 18.2 Å². The quantitative estimate of drug-likeness (QED) is 0.538. The maximum absolute atomic E-state index is 14.0. The van der Waals surface area contributed by atoms with Gasteiger partial charge in [-0.3, -0.25) is 9.30 Å². The zero-order valence-electron chi connectivity index (χ0n) is 16.8. The van der Waals surface area contributed by atoms with Crippen molar-refractivity contribution in [1.82, 2.24) is 24.5 Å². The van der Waals surface area contributed by atoms with Gasteiger partial charge in [0.2, 0.25) is 0 Å². The van der Waals surface area contributed by atoms with Crippen LogP contribution in [0.1, 0.15) is 23.6 Å². The molecule has 0 aliphatic carbocycles. The number of halogens is 3. The molecule has 160 valence electrons. The van der Waals surface area contributed by atoms with Crippen LogP contribution in [0.3, 0.4) is 0 Å². The summed E-state index contributed by atoms with van der Waals surface area (Å²) in [6, 6.07) is 10.7. The Balaban J connectivity index is 1.62. The van der Waals surface area contributed by atoms with Crippen LogP contribution in [-0.4, -0.2) is 49.8 Å². The summed E-state index contributed by atoms with van der Waals surface area (Å²) in [6.45, 7) is 2.49. The number of para-hydroxylation sites is 1. The van der Waals surface area contributed by atoms with E-state index >= 15 is 0 Å². The number of fused-ring (bicyclic) bond motifs is 2. The number of benzene rings is 1. The molecule has 31 heavy (non-hydrogen) atoms. The van der Waals surface area contributed by atoms with Crippen molar-refractivity contribution in [2.75, 3.05) is 13.1 Å². The Kier molecular flexibility index (Phi) is 4.67. The molecule has 6 nitrogen and oxygen atoms in total. The Morgan fingerprint density at radius 2 is 1.94 bits per heavy atom. The maximum atomic E-state index is 14.0. The number of aromatic nitrogens is 4. The lowest BCUT2D eigenvalue weighted by Crippen LogP contribution is -2.38. The number of pyridine rings is 2. The largest absolute Gasteiger partial charge is 0.408 e. The second-order valence-electron chi connectivity index (χ2n) is 8.05. The van der Waals surface area contributed by atoms with E-state index in [1.165, 1.54) is 17.2 Å². The third-order valence-corrected chi connectivity index (χ3v) is 5.82. The fourth-order valence-electron chi connectivity index (χ4n) is 4.32. The van der Waals surface area contributed by atoms with Crippen molar-refractivity contribution in [1.29, 1.82) is 0 Å². The van der Waals surface area contributed by atoms with E-state index in [0.717, 1.165) is 16.5 Å². The van der Waals surface area contributed by atoms with Gasteiger partial charge < -0.3 is 5.73 Å². The molecule has 0 bridgehead atoms. The Bertz CT molecular complexity index is 1270. The molecule has 2 atom stereocenters. The van der Waals surface area contributed by atoms with Crippen LogP contribution in [0.4, 0.5) is 13.2 Å². The van der Waals surface area contributed by atoms with Gasteiger partial charge in [-0.15, -0.1) is 10.2 Å². The molecule has 1 aromatic carbocycles. The normalized spacial score (nSPS) is 18.8. The highest BCUT2D eigenvalue weighted by Crippen LogP contribution is 2.39. The number of alkyl halides is 3. The van der Waals surface area contributed by atoms with Gasteiger partial charge in [0, 0.05) is 30.7 Å². The predicted molar refractivity (Wildman–Crippen MR) is 111 cm³/mol. The zero-order chi connectivity index (χ0) is 21.8. The van der Waals surface area contributed by atoms with Crippen LogP contribution in [0.5, 0.6) is 0 Å². The third-order valence-electron chi connectivity index (χ3n) is 5.82. The van der Waals surface area contributed by atoms with E-state index in [1.807, 2.05) is 37.3 Å². The fraction of sp³-hybridized carbons (Fsp3) is 0.318. The Labute approximate surface area is 176 Å². The number of nitrogens with two attached hydrogens (primary N) is 1. The highest BCUT2D eigenvalue weighted by molar-refractivity contribution is 5.83. The fourth-order valence-corrected chi connectivity index (χ4v) is 4.32. The highest BCUT2D eigenvalue weighted by atomic mass is 19.4. The lowest BCUT2D eigenvalue weighted by molar-refractivity contribution is -0.183. The van der Waals surface area contributed by atoms with E-state index in [2.05, 4.69) is 10.2 Å². The molecule has 0 saturated carbocycles. The summed E-state index contributed by atoms with van der Waals surface area (Å²) in [5.41, 5.74) is 8.86. The molecule has 1 unspecified atom stereocenters. The van der Waals surface area contributed by atoms with Gasteiger partial charge in [-0.1, -0.05) is 30.3 Å². The number of likely N-dealkylation sites (tertiary alicyclic amines) is 1. The standard InChI is InChI=1S/C22H21F3N6/c1-13-3-2-4-14-5-7-17(27-19(13)14)21-29-28-18-8-6-15(11-31(18)21)20(22(23,24)25)30-10-9-16(26)12-30/h2-8,11,16,20H,9-10,12,26H2,1H3/t16-,20?/m0/s1. The predicted octanol–water partition coefficient (Wildman–Crippen LogP) is 3.89. The monoisotopic (exact) mass is 426 g/mol. The van der Waals surface area contributed by atoms with E-state index in [9.17, 15) is 13.2 Å². The Morgan fingerprint density at radius 3 is 2.68 bits per heavy atom. The lowest BCUT2D eigenvalue weighted by atomic mass is 10.1. The van der Waals surface area contributed by atoms with Crippen LogP contribution in [-0.2, 0) is 0 Å². The molecule has 1 aliphatic rings. The van der Waals surface area contributed by atoms with E-state index in [4.69, 9.17) is 10.7 Å². The number of hydrogen-bond acceptors (Lipinski definition) is 5. The van der Waals surface area contributed by atoms with Gasteiger partial charge in [0.05, 0.1) is 5.52 Å². The molecule has 2 N–H and O–H groups in total. The zero-order valence-corrected chi connectivity index (χ0v) is 16.8. The SMILES string of the molecule is Cc1cccc2ccc(-c3nnc4ccc(C(N5CC[C@H](N)C5)C(F)(F)F)cn34)nc12. The van der Waals surface area contributed by atoms with E-state index in [1.54, 1.807) is 10.5 Å². The van der Waals surface area contributed by atoms with Gasteiger partial charge >= 0.3 is 6.18 Å². The molecule has 0 spiro atoms. The molecule has 4 aromatic rings. The first-order valence-corrected chi connectivity index (χ1v) is 10.1. The number of nitrogens with zero attached hydrogens (tertiary/aromatic N) is 5. The van der Waals surface area contributed by atoms with E-state index < -0.39 is 12.2 Å². The van der Waals surface area contributed by atoms with Crippen LogP contribution >= 0.6 is 0 Å². The summed E-state index contributed by atoms with van der Waals surface area (Å²) in [4.78, 5) is 6.10. The first kappa shape index (κ1) is 19.9. The minimum absolute atomic E-state index is 0.132. The average molecular weight is 426 g/mol. The molecule has 1 saturated heterocycles. The van der Waals surface area contributed by atoms with Crippen LogP contribution in [0, 0.1) is 6.92 Å². The van der Waals surface area contributed by atoms with Gasteiger partial charge in [-0.05, 0) is 36.6 Å². The molecule has 5 rings (SSSR count). The molecule has 0 radical (unpaired) electrons. The third kappa shape index (κ3) is 3.53. The molecular formula is C22H21F3N6. The van der Waals surface area contributed by atoms with Gasteiger partial charge in [-0.25, -0.2) is 4.98 Å². The molecular weight excluding hydrogens is 405 g/mol. The van der Waals surface area contributed by atoms with Gasteiger partial charge in [-0.2, -0.15) is 13.2 Å². The van der Waals surface area contributed by atoms with Gasteiger partial charge in [0.1, 0.15) is 11.7 Å². The topological polar surface area (TPSA) is 72.3 Å². The average Bonchev–Trinajstić information content (AvgIpc) is 3.33.